The summed E-state index contributed by atoms with van der Waals surface area (Å²) in [5, 5.41) is 2.54. The van der Waals surface area contributed by atoms with E-state index in [-0.39, 0.29) is 5.41 Å². The molecule has 0 bridgehead atoms. The summed E-state index contributed by atoms with van der Waals surface area (Å²) in [6.45, 7) is 4.72. The van der Waals surface area contributed by atoms with E-state index in [9.17, 15) is 0 Å². The van der Waals surface area contributed by atoms with Crippen LogP contribution in [0.5, 0.6) is 0 Å². The maximum Gasteiger partial charge on any atom is 0.0555 e. The van der Waals surface area contributed by atoms with Crippen molar-refractivity contribution < 1.29 is 0 Å². The predicted molar refractivity (Wildman–Crippen MR) is 253 cm³/mol. The van der Waals surface area contributed by atoms with Gasteiger partial charge in [-0.25, -0.2) is 0 Å². The first-order valence-electron chi connectivity index (χ1n) is 20.4. The van der Waals surface area contributed by atoms with Crippen molar-refractivity contribution in [2.24, 2.45) is 0 Å². The van der Waals surface area contributed by atoms with E-state index in [4.69, 9.17) is 0 Å². The summed E-state index contributed by atoms with van der Waals surface area (Å²) < 4.78 is 2.56. The zero-order valence-electron chi connectivity index (χ0n) is 33.1. The summed E-state index contributed by atoms with van der Waals surface area (Å²) in [6, 6.07) is 78.2. The van der Waals surface area contributed by atoms with Gasteiger partial charge in [0.15, 0.2) is 0 Å². The van der Waals surface area contributed by atoms with E-state index in [0.717, 1.165) is 17.1 Å². The average molecular weight is 772 g/mol. The van der Waals surface area contributed by atoms with Crippen molar-refractivity contribution in [2.45, 2.75) is 19.3 Å². The van der Waals surface area contributed by atoms with Crippen molar-refractivity contribution in [2.75, 3.05) is 4.90 Å². The van der Waals surface area contributed by atoms with E-state index >= 15 is 0 Å². The normalized spacial score (nSPS) is 12.7. The Hall–Kier alpha value is -7.00. The van der Waals surface area contributed by atoms with Gasteiger partial charge in [-0.2, -0.15) is 0 Å². The Balaban J connectivity index is 1.19. The molecule has 0 saturated heterocycles. The van der Waals surface area contributed by atoms with Gasteiger partial charge in [-0.3, -0.25) is 0 Å². The van der Waals surface area contributed by atoms with Gasteiger partial charge in [0.25, 0.3) is 0 Å². The van der Waals surface area contributed by atoms with E-state index in [1.807, 2.05) is 11.3 Å². The summed E-state index contributed by atoms with van der Waals surface area (Å²) in [5.74, 6) is 0. The number of nitrogens with zero attached hydrogens (tertiary/aromatic N) is 1. The van der Waals surface area contributed by atoms with Gasteiger partial charge in [0, 0.05) is 36.8 Å². The molecule has 1 nitrogen and oxygen atoms in total. The molecule has 0 fully saturated rings. The van der Waals surface area contributed by atoms with Gasteiger partial charge in [0.1, 0.15) is 0 Å². The van der Waals surface area contributed by atoms with Gasteiger partial charge in [-0.05, 0) is 104 Å². The van der Waals surface area contributed by atoms with Gasteiger partial charge in [0.05, 0.1) is 11.4 Å². The van der Waals surface area contributed by atoms with Gasteiger partial charge >= 0.3 is 0 Å². The first-order valence-corrected chi connectivity index (χ1v) is 21.2. The lowest BCUT2D eigenvalue weighted by atomic mass is 9.81. The van der Waals surface area contributed by atoms with Crippen LogP contribution >= 0.6 is 11.3 Å². The minimum atomic E-state index is -0.0832. The first-order chi connectivity index (χ1) is 29.0. The third-order valence-corrected chi connectivity index (χ3v) is 13.4. The molecular weight excluding hydrogens is 731 g/mol. The number of thiophene rings is 1. The minimum Gasteiger partial charge on any atom is -0.309 e. The number of fused-ring (bicyclic) bond motifs is 6. The van der Waals surface area contributed by atoms with Crippen LogP contribution in [0.3, 0.4) is 0 Å². The third-order valence-electron chi connectivity index (χ3n) is 12.3. The van der Waals surface area contributed by atoms with Crippen LogP contribution in [-0.4, -0.2) is 0 Å². The zero-order chi connectivity index (χ0) is 39.5. The molecule has 0 atom stereocenters. The number of hydrogen-bond acceptors (Lipinski definition) is 2. The standard InChI is InChI=1S/C57H41NS/c1-57(2)49-29-13-11-25-45(49)46-35-34-41(37-50(46)57)40-22-15-23-42(36-40)58(52-31-17-33-54-56(52)48-27-12-14-32-53(48)59-54)51-30-16-28-44(39-20-7-4-8-21-39)55(51)47-26-10-9-24-43(47)38-18-5-3-6-19-38/h3-37H,1-2H3. The van der Waals surface area contributed by atoms with Gasteiger partial charge in [0.2, 0.25) is 0 Å². The molecule has 0 N–H and O–H groups in total. The van der Waals surface area contributed by atoms with Crippen LogP contribution in [0.1, 0.15) is 25.0 Å². The largest absolute Gasteiger partial charge is 0.309 e. The Bertz CT molecular complexity index is 3190. The van der Waals surface area contributed by atoms with Crippen molar-refractivity contribution in [1.82, 2.24) is 0 Å². The molecule has 0 unspecified atom stereocenters. The van der Waals surface area contributed by atoms with Gasteiger partial charge < -0.3 is 4.90 Å². The summed E-state index contributed by atoms with van der Waals surface area (Å²) in [4.78, 5) is 2.53. The summed E-state index contributed by atoms with van der Waals surface area (Å²) in [6.07, 6.45) is 0. The van der Waals surface area contributed by atoms with Crippen molar-refractivity contribution in [3.05, 3.63) is 223 Å². The molecule has 2 heteroatoms. The third kappa shape index (κ3) is 5.82. The lowest BCUT2D eigenvalue weighted by Gasteiger charge is -2.31. The molecule has 0 saturated carbocycles. The van der Waals surface area contributed by atoms with E-state index in [2.05, 4.69) is 231 Å². The zero-order valence-corrected chi connectivity index (χ0v) is 33.9. The van der Waals surface area contributed by atoms with E-state index in [1.165, 1.54) is 86.9 Å². The van der Waals surface area contributed by atoms with E-state index < -0.39 is 0 Å². The highest BCUT2D eigenvalue weighted by Gasteiger charge is 2.35. The van der Waals surface area contributed by atoms with Crippen LogP contribution in [0.4, 0.5) is 17.1 Å². The lowest BCUT2D eigenvalue weighted by Crippen LogP contribution is -2.15. The quantitative estimate of drug-likeness (QED) is 0.156. The summed E-state index contributed by atoms with van der Waals surface area (Å²) in [5.41, 5.74) is 18.3. The van der Waals surface area contributed by atoms with Crippen LogP contribution in [0.2, 0.25) is 0 Å². The molecule has 1 aliphatic rings. The fourth-order valence-corrected chi connectivity index (χ4v) is 10.6. The van der Waals surface area contributed by atoms with Crippen LogP contribution < -0.4 is 4.90 Å². The highest BCUT2D eigenvalue weighted by Crippen LogP contribution is 2.52. The molecule has 0 spiro atoms. The van der Waals surface area contributed by atoms with Gasteiger partial charge in [-0.1, -0.05) is 184 Å². The molecular formula is C57H41NS. The lowest BCUT2D eigenvalue weighted by molar-refractivity contribution is 0.660. The molecule has 1 aromatic heterocycles. The summed E-state index contributed by atoms with van der Waals surface area (Å²) in [7, 11) is 0. The maximum atomic E-state index is 2.53. The smallest absolute Gasteiger partial charge is 0.0555 e. The van der Waals surface area contributed by atoms with Crippen molar-refractivity contribution in [3.63, 3.8) is 0 Å². The molecule has 9 aromatic carbocycles. The van der Waals surface area contributed by atoms with Crippen LogP contribution in [0.25, 0.3) is 75.8 Å². The Labute approximate surface area is 350 Å². The molecule has 59 heavy (non-hydrogen) atoms. The molecule has 1 heterocycles. The van der Waals surface area contributed by atoms with Crippen molar-refractivity contribution in [1.29, 1.82) is 0 Å². The van der Waals surface area contributed by atoms with Crippen molar-refractivity contribution in [3.8, 4) is 55.6 Å². The fourth-order valence-electron chi connectivity index (χ4n) is 9.50. The molecule has 11 rings (SSSR count). The summed E-state index contributed by atoms with van der Waals surface area (Å²) >= 11 is 1.86. The highest BCUT2D eigenvalue weighted by atomic mass is 32.1. The molecule has 0 radical (unpaired) electrons. The number of rotatable bonds is 7. The Morgan fingerprint density at radius 2 is 0.932 bits per heavy atom. The predicted octanol–water partition coefficient (Wildman–Crippen LogP) is 16.5. The fraction of sp³-hybridized carbons (Fsp3) is 0.0526. The van der Waals surface area contributed by atoms with Crippen molar-refractivity contribution >= 4 is 48.6 Å². The number of hydrogen-bond donors (Lipinski definition) is 0. The Morgan fingerprint density at radius 3 is 1.75 bits per heavy atom. The second-order valence-corrected chi connectivity index (χ2v) is 17.1. The minimum absolute atomic E-state index is 0.0832. The van der Waals surface area contributed by atoms with Crippen LogP contribution in [0.15, 0.2) is 212 Å². The van der Waals surface area contributed by atoms with Gasteiger partial charge in [-0.15, -0.1) is 11.3 Å². The number of anilines is 3. The molecule has 1 aliphatic carbocycles. The maximum absolute atomic E-state index is 2.53. The number of benzene rings is 9. The second-order valence-electron chi connectivity index (χ2n) is 16.0. The highest BCUT2D eigenvalue weighted by molar-refractivity contribution is 7.26. The monoisotopic (exact) mass is 771 g/mol. The molecule has 0 aliphatic heterocycles. The van der Waals surface area contributed by atoms with E-state index in [0.29, 0.717) is 0 Å². The van der Waals surface area contributed by atoms with Crippen LogP contribution in [-0.2, 0) is 5.41 Å². The molecule has 280 valence electrons. The average Bonchev–Trinajstić information content (AvgIpc) is 3.79. The first kappa shape index (κ1) is 35.2. The Morgan fingerprint density at radius 1 is 0.373 bits per heavy atom. The molecule has 10 aromatic rings. The van der Waals surface area contributed by atoms with E-state index in [1.54, 1.807) is 0 Å². The SMILES string of the molecule is CC1(C)c2ccccc2-c2ccc(-c3cccc(N(c4cccc(-c5ccccc5)c4-c4ccccc4-c4ccccc4)c4cccc5sc6ccccc6c45)c3)cc21. The molecule has 0 amide bonds. The van der Waals surface area contributed by atoms with Crippen LogP contribution in [0, 0.1) is 0 Å². The topological polar surface area (TPSA) is 3.24 Å². The second kappa shape index (κ2) is 14.1. The Kier molecular flexibility index (Phi) is 8.43.